The molecule has 0 aliphatic heterocycles. The van der Waals surface area contributed by atoms with Crippen molar-refractivity contribution in [3.63, 3.8) is 0 Å². The van der Waals surface area contributed by atoms with E-state index in [1.165, 1.54) is 6.33 Å². The van der Waals surface area contributed by atoms with E-state index in [1.54, 1.807) is 19.9 Å². The Bertz CT molecular complexity index is 336. The van der Waals surface area contributed by atoms with E-state index in [9.17, 15) is 5.11 Å². The number of aromatic nitrogens is 2. The summed E-state index contributed by atoms with van der Waals surface area (Å²) in [7, 11) is 0. The predicted octanol–water partition coefficient (Wildman–Crippen LogP) is 0.359. The quantitative estimate of drug-likeness (QED) is 0.495. The minimum absolute atomic E-state index is 0.504. The van der Waals surface area contributed by atoms with Gasteiger partial charge < -0.3 is 15.4 Å². The fourth-order valence-corrected chi connectivity index (χ4v) is 1.42. The second-order valence-corrected chi connectivity index (χ2v) is 4.23. The second-order valence-electron chi connectivity index (χ2n) is 4.23. The minimum atomic E-state index is -0.767. The van der Waals surface area contributed by atoms with Crippen molar-refractivity contribution in [2.45, 2.75) is 26.4 Å². The summed E-state index contributed by atoms with van der Waals surface area (Å²) in [6.45, 7) is 6.79. The molecule has 6 heteroatoms. The van der Waals surface area contributed by atoms with Crippen molar-refractivity contribution in [3.8, 4) is 0 Å². The molecule has 1 aromatic heterocycles. The molecule has 0 fully saturated rings. The summed E-state index contributed by atoms with van der Waals surface area (Å²) >= 11 is 0. The van der Waals surface area contributed by atoms with E-state index < -0.39 is 5.60 Å². The second kappa shape index (κ2) is 5.09. The number of anilines is 2. The van der Waals surface area contributed by atoms with Gasteiger partial charge in [0.1, 0.15) is 18.0 Å². The van der Waals surface area contributed by atoms with Crippen LogP contribution in [0.15, 0.2) is 12.4 Å². The highest BCUT2D eigenvalue weighted by Gasteiger charge is 2.18. The molecule has 90 valence electrons. The molecular weight excluding hydrogens is 206 g/mol. The van der Waals surface area contributed by atoms with Gasteiger partial charge in [0.15, 0.2) is 0 Å². The van der Waals surface area contributed by atoms with Gasteiger partial charge in [-0.2, -0.15) is 0 Å². The molecule has 0 aliphatic rings. The first-order valence-electron chi connectivity index (χ1n) is 5.22. The van der Waals surface area contributed by atoms with Crippen LogP contribution >= 0.6 is 0 Å². The highest BCUT2D eigenvalue weighted by molar-refractivity contribution is 5.47. The SMILES string of the molecule is CCN(CC(C)(C)O)c1cc(NN)ncn1. The van der Waals surface area contributed by atoms with Crippen LogP contribution in [0.3, 0.4) is 0 Å². The van der Waals surface area contributed by atoms with E-state index in [0.29, 0.717) is 12.4 Å². The zero-order chi connectivity index (χ0) is 12.2. The zero-order valence-corrected chi connectivity index (χ0v) is 9.94. The number of nitrogens with zero attached hydrogens (tertiary/aromatic N) is 3. The number of hydrazine groups is 1. The zero-order valence-electron chi connectivity index (χ0n) is 9.94. The molecule has 4 N–H and O–H groups in total. The Morgan fingerprint density at radius 1 is 1.50 bits per heavy atom. The van der Waals surface area contributed by atoms with E-state index in [4.69, 9.17) is 5.84 Å². The van der Waals surface area contributed by atoms with Gasteiger partial charge in [0.05, 0.1) is 5.60 Å². The van der Waals surface area contributed by atoms with Crippen LogP contribution in [-0.2, 0) is 0 Å². The molecular formula is C10H19N5O. The number of hydrogen-bond acceptors (Lipinski definition) is 6. The molecule has 0 aromatic carbocycles. The fraction of sp³-hybridized carbons (Fsp3) is 0.600. The highest BCUT2D eigenvalue weighted by atomic mass is 16.3. The first-order chi connectivity index (χ1) is 7.46. The lowest BCUT2D eigenvalue weighted by atomic mass is 10.1. The van der Waals surface area contributed by atoms with Crippen molar-refractivity contribution < 1.29 is 5.11 Å². The molecule has 0 saturated carbocycles. The standard InChI is InChI=1S/C10H19N5O/c1-4-15(6-10(2,3)16)9-5-8(14-11)12-7-13-9/h5,7,16H,4,6,11H2,1-3H3,(H,12,13,14). The van der Waals surface area contributed by atoms with Gasteiger partial charge in [0, 0.05) is 19.2 Å². The van der Waals surface area contributed by atoms with Crippen LogP contribution in [0.4, 0.5) is 11.6 Å². The van der Waals surface area contributed by atoms with Gasteiger partial charge in [-0.15, -0.1) is 0 Å². The van der Waals surface area contributed by atoms with Crippen LogP contribution in [0.1, 0.15) is 20.8 Å². The number of nitrogen functional groups attached to an aromatic ring is 1. The van der Waals surface area contributed by atoms with Crippen LogP contribution in [0.2, 0.25) is 0 Å². The van der Waals surface area contributed by atoms with Crippen LogP contribution in [-0.4, -0.2) is 33.8 Å². The average molecular weight is 225 g/mol. The summed E-state index contributed by atoms with van der Waals surface area (Å²) in [6.07, 6.45) is 1.44. The molecule has 0 amide bonds. The molecule has 16 heavy (non-hydrogen) atoms. The Balaban J connectivity index is 2.86. The summed E-state index contributed by atoms with van der Waals surface area (Å²) < 4.78 is 0. The third kappa shape index (κ3) is 3.63. The first-order valence-corrected chi connectivity index (χ1v) is 5.22. The van der Waals surface area contributed by atoms with Crippen LogP contribution in [0, 0.1) is 0 Å². The Hall–Kier alpha value is -1.40. The molecule has 0 atom stereocenters. The summed E-state index contributed by atoms with van der Waals surface area (Å²) in [4.78, 5) is 10.0. The van der Waals surface area contributed by atoms with Gasteiger partial charge in [-0.1, -0.05) is 0 Å². The summed E-state index contributed by atoms with van der Waals surface area (Å²) in [5, 5.41) is 9.78. The summed E-state index contributed by atoms with van der Waals surface area (Å²) in [6, 6.07) is 1.75. The lowest BCUT2D eigenvalue weighted by Crippen LogP contribution is -2.39. The predicted molar refractivity (Wildman–Crippen MR) is 64.0 cm³/mol. The maximum Gasteiger partial charge on any atom is 0.145 e. The minimum Gasteiger partial charge on any atom is -0.389 e. The Kier molecular flexibility index (Phi) is 4.03. The molecule has 1 rings (SSSR count). The van der Waals surface area contributed by atoms with Gasteiger partial charge in [-0.3, -0.25) is 0 Å². The van der Waals surface area contributed by atoms with E-state index in [2.05, 4.69) is 15.4 Å². The smallest absolute Gasteiger partial charge is 0.145 e. The maximum atomic E-state index is 9.78. The Morgan fingerprint density at radius 2 is 2.19 bits per heavy atom. The number of nitrogens with two attached hydrogens (primary N) is 1. The molecule has 1 heterocycles. The van der Waals surface area contributed by atoms with Crippen molar-refractivity contribution in [3.05, 3.63) is 12.4 Å². The lowest BCUT2D eigenvalue weighted by molar-refractivity contribution is 0.0874. The van der Waals surface area contributed by atoms with E-state index in [-0.39, 0.29) is 0 Å². The molecule has 6 nitrogen and oxygen atoms in total. The van der Waals surface area contributed by atoms with Gasteiger partial charge in [-0.05, 0) is 20.8 Å². The first kappa shape index (κ1) is 12.7. The van der Waals surface area contributed by atoms with Crippen molar-refractivity contribution in [1.29, 1.82) is 0 Å². The summed E-state index contributed by atoms with van der Waals surface area (Å²) in [5.41, 5.74) is 1.70. The molecule has 0 unspecified atom stereocenters. The van der Waals surface area contributed by atoms with Gasteiger partial charge in [0.2, 0.25) is 0 Å². The fourth-order valence-electron chi connectivity index (χ4n) is 1.42. The number of likely N-dealkylation sites (N-methyl/N-ethyl adjacent to an activating group) is 1. The number of hydrogen-bond donors (Lipinski definition) is 3. The molecule has 1 aromatic rings. The van der Waals surface area contributed by atoms with Gasteiger partial charge in [-0.25, -0.2) is 15.8 Å². The van der Waals surface area contributed by atoms with E-state index >= 15 is 0 Å². The van der Waals surface area contributed by atoms with Gasteiger partial charge >= 0.3 is 0 Å². The Labute approximate surface area is 95.5 Å². The highest BCUT2D eigenvalue weighted by Crippen LogP contribution is 2.16. The normalized spacial score (nSPS) is 11.3. The van der Waals surface area contributed by atoms with E-state index in [0.717, 1.165) is 12.4 Å². The topological polar surface area (TPSA) is 87.3 Å². The van der Waals surface area contributed by atoms with Crippen LogP contribution in [0.25, 0.3) is 0 Å². The maximum absolute atomic E-state index is 9.78. The number of aliphatic hydroxyl groups is 1. The number of nitrogens with one attached hydrogen (secondary N) is 1. The van der Waals surface area contributed by atoms with Crippen LogP contribution < -0.4 is 16.2 Å². The largest absolute Gasteiger partial charge is 0.389 e. The number of rotatable bonds is 5. The third-order valence-electron chi connectivity index (χ3n) is 2.08. The van der Waals surface area contributed by atoms with E-state index in [1.807, 2.05) is 11.8 Å². The lowest BCUT2D eigenvalue weighted by Gasteiger charge is -2.28. The van der Waals surface area contributed by atoms with Crippen molar-refractivity contribution in [2.24, 2.45) is 5.84 Å². The van der Waals surface area contributed by atoms with Gasteiger partial charge in [0.25, 0.3) is 0 Å². The summed E-state index contributed by atoms with van der Waals surface area (Å²) in [5.74, 6) is 6.58. The molecule has 0 aliphatic carbocycles. The molecule has 0 bridgehead atoms. The molecule has 0 radical (unpaired) electrons. The molecule has 0 spiro atoms. The monoisotopic (exact) mass is 225 g/mol. The molecule has 0 saturated heterocycles. The van der Waals surface area contributed by atoms with Crippen molar-refractivity contribution in [1.82, 2.24) is 9.97 Å². The van der Waals surface area contributed by atoms with Crippen molar-refractivity contribution in [2.75, 3.05) is 23.4 Å². The average Bonchev–Trinajstić information content (AvgIpc) is 2.25. The Morgan fingerprint density at radius 3 is 2.69 bits per heavy atom. The van der Waals surface area contributed by atoms with Crippen molar-refractivity contribution >= 4 is 11.6 Å². The van der Waals surface area contributed by atoms with Crippen LogP contribution in [0.5, 0.6) is 0 Å². The third-order valence-corrected chi connectivity index (χ3v) is 2.08.